The van der Waals surface area contributed by atoms with Gasteiger partial charge < -0.3 is 29.6 Å². The van der Waals surface area contributed by atoms with E-state index in [0.717, 1.165) is 19.3 Å². The number of nitrogen functional groups attached to an aromatic ring is 1. The first-order chi connectivity index (χ1) is 10.9. The Bertz CT molecular complexity index is 741. The third kappa shape index (κ3) is 3.97. The van der Waals surface area contributed by atoms with Gasteiger partial charge in [0.2, 0.25) is 11.8 Å². The molecule has 23 heavy (non-hydrogen) atoms. The van der Waals surface area contributed by atoms with Crippen LogP contribution >= 0.6 is 7.60 Å². The number of imidazole rings is 1. The third-order valence-corrected chi connectivity index (χ3v) is 4.03. The van der Waals surface area contributed by atoms with E-state index >= 15 is 0 Å². The molecule has 0 unspecified atom stereocenters. The van der Waals surface area contributed by atoms with E-state index in [1.807, 2.05) is 0 Å². The number of anilines is 1. The molecule has 2 aromatic heterocycles. The van der Waals surface area contributed by atoms with Crippen molar-refractivity contribution in [3.8, 4) is 5.88 Å². The van der Waals surface area contributed by atoms with Crippen molar-refractivity contribution < 1.29 is 23.8 Å². The predicted octanol–water partition coefficient (Wildman–Crippen LogP) is 0.492. The van der Waals surface area contributed by atoms with Crippen LogP contribution in [0.5, 0.6) is 5.88 Å². The Hall–Kier alpha value is -1.74. The van der Waals surface area contributed by atoms with E-state index in [2.05, 4.69) is 15.0 Å². The van der Waals surface area contributed by atoms with Crippen molar-refractivity contribution in [1.82, 2.24) is 19.5 Å². The number of nitrogens with zero attached hydrogens (tertiary/aromatic N) is 4. The molecule has 10 nitrogen and oxygen atoms in total. The highest BCUT2D eigenvalue weighted by atomic mass is 31.2. The van der Waals surface area contributed by atoms with Gasteiger partial charge >= 0.3 is 7.60 Å². The van der Waals surface area contributed by atoms with E-state index in [9.17, 15) is 4.57 Å². The molecule has 0 atom stereocenters. The third-order valence-electron chi connectivity index (χ3n) is 3.52. The average molecular weight is 343 g/mol. The van der Waals surface area contributed by atoms with Crippen LogP contribution in [0.2, 0.25) is 0 Å². The number of aromatic nitrogens is 4. The van der Waals surface area contributed by atoms with Gasteiger partial charge in [-0.15, -0.1) is 0 Å². The molecule has 11 heteroatoms. The van der Waals surface area contributed by atoms with Crippen molar-refractivity contribution in [2.45, 2.75) is 31.9 Å². The minimum absolute atomic E-state index is 0.0877. The van der Waals surface area contributed by atoms with Gasteiger partial charge in [-0.05, 0) is 19.3 Å². The van der Waals surface area contributed by atoms with Gasteiger partial charge in [0.05, 0.1) is 12.9 Å². The fourth-order valence-electron chi connectivity index (χ4n) is 2.17. The van der Waals surface area contributed by atoms with Crippen LogP contribution in [0, 0.1) is 0 Å². The van der Waals surface area contributed by atoms with Crippen LogP contribution in [0.4, 0.5) is 5.95 Å². The molecule has 0 saturated heterocycles. The van der Waals surface area contributed by atoms with Gasteiger partial charge in [0, 0.05) is 6.54 Å². The van der Waals surface area contributed by atoms with Crippen molar-refractivity contribution in [2.24, 2.45) is 0 Å². The highest BCUT2D eigenvalue weighted by Crippen LogP contribution is 2.33. The number of hydrogen-bond acceptors (Lipinski definition) is 7. The van der Waals surface area contributed by atoms with Crippen LogP contribution in [0.3, 0.4) is 0 Å². The van der Waals surface area contributed by atoms with Crippen molar-refractivity contribution >= 4 is 24.7 Å². The van der Waals surface area contributed by atoms with Crippen molar-refractivity contribution in [3.63, 3.8) is 0 Å². The SMILES string of the molecule is Nc1nc(OC2CCC2)c2ncn(CCOCP(=O)(O)O)c2n1. The van der Waals surface area contributed by atoms with Gasteiger partial charge in [-0.2, -0.15) is 9.97 Å². The molecule has 0 radical (unpaired) electrons. The second-order valence-corrected chi connectivity index (χ2v) is 6.96. The van der Waals surface area contributed by atoms with Crippen molar-refractivity contribution in [1.29, 1.82) is 0 Å². The van der Waals surface area contributed by atoms with Crippen molar-refractivity contribution in [3.05, 3.63) is 6.33 Å². The minimum Gasteiger partial charge on any atom is -0.473 e. The average Bonchev–Trinajstić information content (AvgIpc) is 2.81. The molecule has 2 aromatic rings. The number of fused-ring (bicyclic) bond motifs is 1. The molecule has 3 rings (SSSR count). The molecular formula is C12H18N5O5P. The molecule has 0 bridgehead atoms. The number of hydrogen-bond donors (Lipinski definition) is 3. The molecular weight excluding hydrogens is 325 g/mol. The first kappa shape index (κ1) is 16.1. The van der Waals surface area contributed by atoms with Crippen molar-refractivity contribution in [2.75, 3.05) is 18.7 Å². The monoisotopic (exact) mass is 343 g/mol. The Balaban J connectivity index is 1.72. The van der Waals surface area contributed by atoms with Gasteiger partial charge in [0.25, 0.3) is 0 Å². The Labute approximate surface area is 131 Å². The fourth-order valence-corrected chi connectivity index (χ4v) is 2.54. The van der Waals surface area contributed by atoms with E-state index in [1.165, 1.54) is 0 Å². The quantitative estimate of drug-likeness (QED) is 0.483. The van der Waals surface area contributed by atoms with Crippen LogP contribution in [-0.4, -0.2) is 48.4 Å². The maximum absolute atomic E-state index is 10.7. The normalized spacial score (nSPS) is 15.7. The summed E-state index contributed by atoms with van der Waals surface area (Å²) in [7, 11) is -4.16. The summed E-state index contributed by atoms with van der Waals surface area (Å²) in [6.45, 7) is 0.440. The molecule has 0 aliphatic heterocycles. The molecule has 1 fully saturated rings. The van der Waals surface area contributed by atoms with E-state index < -0.39 is 13.9 Å². The maximum Gasteiger partial charge on any atom is 0.350 e. The number of rotatable bonds is 7. The zero-order chi connectivity index (χ0) is 16.4. The maximum atomic E-state index is 10.7. The van der Waals surface area contributed by atoms with Gasteiger partial charge in [-0.1, -0.05) is 0 Å². The molecule has 1 aliphatic rings. The fraction of sp³-hybridized carbons (Fsp3) is 0.583. The predicted molar refractivity (Wildman–Crippen MR) is 80.9 cm³/mol. The smallest absolute Gasteiger partial charge is 0.350 e. The first-order valence-corrected chi connectivity index (χ1v) is 8.99. The van der Waals surface area contributed by atoms with Gasteiger partial charge in [-0.3, -0.25) is 4.57 Å². The molecule has 0 spiro atoms. The molecule has 4 N–H and O–H groups in total. The zero-order valence-electron chi connectivity index (χ0n) is 12.3. The number of nitrogens with two attached hydrogens (primary N) is 1. The second-order valence-electron chi connectivity index (χ2n) is 5.37. The lowest BCUT2D eigenvalue weighted by atomic mass is 9.96. The van der Waals surface area contributed by atoms with Crippen LogP contribution in [0.1, 0.15) is 19.3 Å². The molecule has 0 aromatic carbocycles. The lowest BCUT2D eigenvalue weighted by Gasteiger charge is -2.25. The summed E-state index contributed by atoms with van der Waals surface area (Å²) in [6.07, 6.45) is 4.19. The lowest BCUT2D eigenvalue weighted by molar-refractivity contribution is 0.116. The lowest BCUT2D eigenvalue weighted by Crippen LogP contribution is -2.25. The van der Waals surface area contributed by atoms with Crippen LogP contribution in [-0.2, 0) is 15.8 Å². The standard InChI is InChI=1S/C12H18N5O5P/c13-12-15-10-9(11(16-12)22-8-2-1-3-8)14-6-17(10)4-5-21-7-23(18,19)20/h6,8H,1-5,7H2,(H2,13,15,16)(H2,18,19,20). The van der Waals surface area contributed by atoms with Crippen LogP contribution < -0.4 is 10.5 Å². The van der Waals surface area contributed by atoms with Gasteiger partial charge in [-0.25, -0.2) is 4.98 Å². The molecule has 126 valence electrons. The summed E-state index contributed by atoms with van der Waals surface area (Å²) in [5, 5.41) is 0. The second kappa shape index (κ2) is 6.40. The number of ether oxygens (including phenoxy) is 2. The van der Waals surface area contributed by atoms with E-state index in [0.29, 0.717) is 23.6 Å². The summed E-state index contributed by atoms with van der Waals surface area (Å²) in [4.78, 5) is 30.0. The van der Waals surface area contributed by atoms with Crippen LogP contribution in [0.25, 0.3) is 11.2 Å². The molecule has 2 heterocycles. The van der Waals surface area contributed by atoms with E-state index in [-0.39, 0.29) is 18.7 Å². The molecule has 1 aliphatic carbocycles. The Morgan fingerprint density at radius 3 is 2.83 bits per heavy atom. The highest BCUT2D eigenvalue weighted by molar-refractivity contribution is 7.51. The summed E-state index contributed by atoms with van der Waals surface area (Å²) in [5.74, 6) is 0.455. The zero-order valence-corrected chi connectivity index (χ0v) is 13.2. The Morgan fingerprint density at radius 1 is 1.39 bits per heavy atom. The summed E-state index contributed by atoms with van der Waals surface area (Å²) < 4.78 is 23.1. The largest absolute Gasteiger partial charge is 0.473 e. The van der Waals surface area contributed by atoms with E-state index in [1.54, 1.807) is 10.9 Å². The summed E-state index contributed by atoms with van der Waals surface area (Å²) in [6, 6.07) is 0. The summed E-state index contributed by atoms with van der Waals surface area (Å²) in [5.41, 5.74) is 6.74. The Kier molecular flexibility index (Phi) is 4.49. The van der Waals surface area contributed by atoms with Gasteiger partial charge in [0.15, 0.2) is 11.2 Å². The molecule has 1 saturated carbocycles. The first-order valence-electron chi connectivity index (χ1n) is 7.20. The minimum atomic E-state index is -4.16. The summed E-state index contributed by atoms with van der Waals surface area (Å²) >= 11 is 0. The van der Waals surface area contributed by atoms with E-state index in [4.69, 9.17) is 25.0 Å². The topological polar surface area (TPSA) is 146 Å². The molecule has 0 amide bonds. The Morgan fingerprint density at radius 2 is 2.17 bits per heavy atom. The highest BCUT2D eigenvalue weighted by Gasteiger charge is 2.23. The van der Waals surface area contributed by atoms with Crippen LogP contribution in [0.15, 0.2) is 6.33 Å². The van der Waals surface area contributed by atoms with Gasteiger partial charge in [0.1, 0.15) is 12.5 Å².